The Hall–Kier alpha value is -8.07. The molecule has 61 heavy (non-hydrogen) atoms. The van der Waals surface area contributed by atoms with Gasteiger partial charge in [0, 0.05) is 44.2 Å². The Bertz CT molecular complexity index is 3090. The standard InChI is InChI=1S/C59H40N2/c1-7-21-41(22-8-1)47-39-55(46-31-17-6-18-32-46)60-56(40-47)48-37-53(44-27-13-4-14-28-44)59(54(38-48)45-29-15-5-16-30-45)61-57-49(42-23-9-2-10-24-42)33-19-35-51(57)52-36-20-34-50(58(52)61)43-25-11-3-12-26-43/h1-40H. The van der Waals surface area contributed by atoms with Crippen LogP contribution in [0.15, 0.2) is 243 Å². The fraction of sp³-hybridized carbons (Fsp3) is 0. The van der Waals surface area contributed by atoms with Crippen LogP contribution in [-0.4, -0.2) is 9.55 Å². The fourth-order valence-corrected chi connectivity index (χ4v) is 8.97. The molecule has 2 heterocycles. The number of hydrogen-bond donors (Lipinski definition) is 0. The first-order chi connectivity index (χ1) is 30.3. The van der Waals surface area contributed by atoms with Crippen molar-refractivity contribution in [1.82, 2.24) is 9.55 Å². The molecule has 2 nitrogen and oxygen atoms in total. The van der Waals surface area contributed by atoms with E-state index in [9.17, 15) is 0 Å². The van der Waals surface area contributed by atoms with Gasteiger partial charge in [0.25, 0.3) is 0 Å². The summed E-state index contributed by atoms with van der Waals surface area (Å²) in [5, 5.41) is 2.42. The Morgan fingerprint density at radius 3 is 1.00 bits per heavy atom. The summed E-state index contributed by atoms with van der Waals surface area (Å²) in [4.78, 5) is 5.46. The Kier molecular flexibility index (Phi) is 9.22. The van der Waals surface area contributed by atoms with Crippen molar-refractivity contribution in [2.75, 3.05) is 0 Å². The third-order valence-corrected chi connectivity index (χ3v) is 11.8. The summed E-state index contributed by atoms with van der Waals surface area (Å²) in [5.41, 5.74) is 18.9. The van der Waals surface area contributed by atoms with E-state index < -0.39 is 0 Å². The minimum absolute atomic E-state index is 0.915. The van der Waals surface area contributed by atoms with Crippen LogP contribution in [0.1, 0.15) is 0 Å². The van der Waals surface area contributed by atoms with Crippen molar-refractivity contribution in [1.29, 1.82) is 0 Å². The van der Waals surface area contributed by atoms with Crippen molar-refractivity contribution < 1.29 is 0 Å². The molecule has 0 aliphatic rings. The smallest absolute Gasteiger partial charge is 0.0716 e. The average Bonchev–Trinajstić information content (AvgIpc) is 3.69. The molecular formula is C59H40N2. The minimum Gasteiger partial charge on any atom is -0.307 e. The summed E-state index contributed by atoms with van der Waals surface area (Å²) in [7, 11) is 0. The van der Waals surface area contributed by atoms with E-state index in [1.54, 1.807) is 0 Å². The number of nitrogens with zero attached hydrogens (tertiary/aromatic N) is 2. The van der Waals surface area contributed by atoms with Crippen LogP contribution in [0.2, 0.25) is 0 Å². The topological polar surface area (TPSA) is 17.8 Å². The van der Waals surface area contributed by atoms with Gasteiger partial charge < -0.3 is 4.57 Å². The predicted octanol–water partition coefficient (Wildman–Crippen LogP) is 15.8. The lowest BCUT2D eigenvalue weighted by Gasteiger charge is -2.23. The van der Waals surface area contributed by atoms with E-state index in [1.807, 2.05) is 0 Å². The summed E-state index contributed by atoms with van der Waals surface area (Å²) < 4.78 is 2.58. The number of fused-ring (bicyclic) bond motifs is 3. The first-order valence-corrected chi connectivity index (χ1v) is 20.9. The molecule has 11 aromatic rings. The molecule has 2 aromatic heterocycles. The maximum atomic E-state index is 5.46. The fourth-order valence-electron chi connectivity index (χ4n) is 8.97. The monoisotopic (exact) mass is 776 g/mol. The van der Waals surface area contributed by atoms with Crippen LogP contribution >= 0.6 is 0 Å². The Balaban J connectivity index is 1.31. The minimum atomic E-state index is 0.915. The van der Waals surface area contributed by atoms with Gasteiger partial charge in [-0.25, -0.2) is 4.98 Å². The Morgan fingerprint density at radius 2 is 0.590 bits per heavy atom. The van der Waals surface area contributed by atoms with Crippen LogP contribution in [0, 0.1) is 0 Å². The molecule has 0 amide bonds. The van der Waals surface area contributed by atoms with Crippen LogP contribution in [0.3, 0.4) is 0 Å². The van der Waals surface area contributed by atoms with E-state index in [1.165, 1.54) is 44.1 Å². The second-order valence-corrected chi connectivity index (χ2v) is 15.5. The van der Waals surface area contributed by atoms with Crippen LogP contribution < -0.4 is 0 Å². The van der Waals surface area contributed by atoms with Crippen molar-refractivity contribution in [2.24, 2.45) is 0 Å². The van der Waals surface area contributed by atoms with Crippen molar-refractivity contribution in [3.05, 3.63) is 243 Å². The quantitative estimate of drug-likeness (QED) is 0.150. The van der Waals surface area contributed by atoms with Gasteiger partial charge in [0.05, 0.1) is 28.1 Å². The zero-order valence-electron chi connectivity index (χ0n) is 33.5. The van der Waals surface area contributed by atoms with E-state index in [0.29, 0.717) is 0 Å². The number of benzene rings is 9. The summed E-state index contributed by atoms with van der Waals surface area (Å²) >= 11 is 0. The first-order valence-electron chi connectivity index (χ1n) is 20.9. The predicted molar refractivity (Wildman–Crippen MR) is 257 cm³/mol. The molecule has 0 unspecified atom stereocenters. The zero-order chi connectivity index (χ0) is 40.5. The molecule has 0 aliphatic heterocycles. The van der Waals surface area contributed by atoms with Gasteiger partial charge >= 0.3 is 0 Å². The third-order valence-electron chi connectivity index (χ3n) is 11.8. The molecular weight excluding hydrogens is 737 g/mol. The van der Waals surface area contributed by atoms with Gasteiger partial charge in [-0.3, -0.25) is 0 Å². The highest BCUT2D eigenvalue weighted by atomic mass is 15.0. The number of para-hydroxylation sites is 2. The van der Waals surface area contributed by atoms with Crippen molar-refractivity contribution in [3.63, 3.8) is 0 Å². The zero-order valence-corrected chi connectivity index (χ0v) is 33.5. The van der Waals surface area contributed by atoms with Gasteiger partial charge in [0.2, 0.25) is 0 Å². The molecule has 0 bridgehead atoms. The molecule has 11 rings (SSSR count). The second kappa shape index (κ2) is 15.6. The summed E-state index contributed by atoms with van der Waals surface area (Å²) in [5.74, 6) is 0. The maximum Gasteiger partial charge on any atom is 0.0716 e. The lowest BCUT2D eigenvalue weighted by atomic mass is 9.90. The van der Waals surface area contributed by atoms with Gasteiger partial charge in [0.15, 0.2) is 0 Å². The number of rotatable bonds is 8. The lowest BCUT2D eigenvalue weighted by molar-refractivity contribution is 1.18. The van der Waals surface area contributed by atoms with Crippen molar-refractivity contribution in [3.8, 4) is 83.8 Å². The normalized spacial score (nSPS) is 11.3. The molecule has 0 saturated heterocycles. The molecule has 0 saturated carbocycles. The van der Waals surface area contributed by atoms with E-state index in [-0.39, 0.29) is 0 Å². The van der Waals surface area contributed by atoms with Gasteiger partial charge in [-0.1, -0.05) is 218 Å². The number of pyridine rings is 1. The molecule has 286 valence electrons. The average molecular weight is 777 g/mol. The summed E-state index contributed by atoms with van der Waals surface area (Å²) in [6.45, 7) is 0. The van der Waals surface area contributed by atoms with E-state index >= 15 is 0 Å². The Morgan fingerprint density at radius 1 is 0.246 bits per heavy atom. The largest absolute Gasteiger partial charge is 0.307 e. The lowest BCUT2D eigenvalue weighted by Crippen LogP contribution is -2.04. The van der Waals surface area contributed by atoms with Crippen LogP contribution in [0.25, 0.3) is 106 Å². The van der Waals surface area contributed by atoms with Gasteiger partial charge in [-0.15, -0.1) is 0 Å². The first kappa shape index (κ1) is 36.0. The van der Waals surface area contributed by atoms with Gasteiger partial charge in [-0.05, 0) is 57.6 Å². The summed E-state index contributed by atoms with van der Waals surface area (Å²) in [6, 6.07) is 87.3. The molecule has 0 aliphatic carbocycles. The third kappa shape index (κ3) is 6.61. The van der Waals surface area contributed by atoms with Crippen LogP contribution in [0.4, 0.5) is 0 Å². The molecule has 9 aromatic carbocycles. The van der Waals surface area contributed by atoms with Crippen LogP contribution in [0.5, 0.6) is 0 Å². The molecule has 0 spiro atoms. The number of hydrogen-bond acceptors (Lipinski definition) is 1. The second-order valence-electron chi connectivity index (χ2n) is 15.5. The van der Waals surface area contributed by atoms with Crippen molar-refractivity contribution in [2.45, 2.75) is 0 Å². The van der Waals surface area contributed by atoms with E-state index in [0.717, 1.165) is 61.6 Å². The van der Waals surface area contributed by atoms with E-state index in [4.69, 9.17) is 4.98 Å². The Labute approximate surface area is 356 Å². The highest BCUT2D eigenvalue weighted by Gasteiger charge is 2.25. The molecule has 0 fully saturated rings. The number of aromatic nitrogens is 2. The molecule has 2 heteroatoms. The molecule has 0 radical (unpaired) electrons. The van der Waals surface area contributed by atoms with Gasteiger partial charge in [-0.2, -0.15) is 0 Å². The highest BCUT2D eigenvalue weighted by Crippen LogP contribution is 2.48. The van der Waals surface area contributed by atoms with E-state index in [2.05, 4.69) is 247 Å². The maximum absolute atomic E-state index is 5.46. The highest BCUT2D eigenvalue weighted by molar-refractivity contribution is 6.18. The SMILES string of the molecule is c1ccc(-c2cc(-c3ccccc3)nc(-c3cc(-c4ccccc4)c(-n4c5c(-c6ccccc6)cccc5c5cccc(-c6ccccc6)c54)c(-c4ccccc4)c3)c2)cc1. The van der Waals surface area contributed by atoms with Crippen molar-refractivity contribution >= 4 is 21.8 Å². The van der Waals surface area contributed by atoms with Gasteiger partial charge in [0.1, 0.15) is 0 Å². The van der Waals surface area contributed by atoms with Crippen LogP contribution in [-0.2, 0) is 0 Å². The molecule has 0 N–H and O–H groups in total. The molecule has 0 atom stereocenters. The summed E-state index contributed by atoms with van der Waals surface area (Å²) in [6.07, 6.45) is 0.